The summed E-state index contributed by atoms with van der Waals surface area (Å²) < 4.78 is 19.5. The third-order valence-electron chi connectivity index (χ3n) is 2.79. The summed E-state index contributed by atoms with van der Waals surface area (Å²) in [5.74, 6) is 0.999. The van der Waals surface area contributed by atoms with Crippen LogP contribution < -0.4 is 5.32 Å². The fourth-order valence-electron chi connectivity index (χ4n) is 1.80. The van der Waals surface area contributed by atoms with Crippen LogP contribution in [-0.4, -0.2) is 16.7 Å². The molecule has 2 aromatic rings. The number of rotatable bonds is 5. The summed E-state index contributed by atoms with van der Waals surface area (Å²) >= 11 is 3.24. The van der Waals surface area contributed by atoms with Crippen molar-refractivity contribution in [2.45, 2.75) is 26.3 Å². The molecular formula is C13H15BrFN3O. The maximum absolute atomic E-state index is 13.7. The number of nitrogens with one attached hydrogen (secondary N) is 1. The van der Waals surface area contributed by atoms with Crippen LogP contribution in [-0.2, 0) is 6.42 Å². The van der Waals surface area contributed by atoms with Crippen molar-refractivity contribution in [3.63, 3.8) is 0 Å². The lowest BCUT2D eigenvalue weighted by Crippen LogP contribution is -2.22. The average Bonchev–Trinajstić information content (AvgIpc) is 2.75. The summed E-state index contributed by atoms with van der Waals surface area (Å²) in [7, 11) is 0. The molecule has 1 N–H and O–H groups in total. The molecule has 102 valence electrons. The summed E-state index contributed by atoms with van der Waals surface area (Å²) in [6, 6.07) is 5.00. The number of aromatic nitrogens is 2. The second-order valence-corrected chi connectivity index (χ2v) is 5.24. The van der Waals surface area contributed by atoms with Gasteiger partial charge in [0, 0.05) is 29.0 Å². The second kappa shape index (κ2) is 6.25. The predicted molar refractivity (Wildman–Crippen MR) is 73.3 cm³/mol. The van der Waals surface area contributed by atoms with E-state index >= 15 is 0 Å². The van der Waals surface area contributed by atoms with Gasteiger partial charge in [-0.2, -0.15) is 4.98 Å². The Morgan fingerprint density at radius 3 is 2.89 bits per heavy atom. The van der Waals surface area contributed by atoms with Crippen LogP contribution in [0.4, 0.5) is 4.39 Å². The van der Waals surface area contributed by atoms with Crippen molar-refractivity contribution in [3.8, 4) is 0 Å². The molecule has 0 saturated carbocycles. The summed E-state index contributed by atoms with van der Waals surface area (Å²) in [5.41, 5.74) is 0.643. The molecule has 0 bridgehead atoms. The van der Waals surface area contributed by atoms with Gasteiger partial charge in [0.2, 0.25) is 5.89 Å². The van der Waals surface area contributed by atoms with Crippen LogP contribution in [0.5, 0.6) is 0 Å². The molecule has 0 amide bonds. The molecule has 1 aromatic carbocycles. The van der Waals surface area contributed by atoms with E-state index in [2.05, 4.69) is 31.4 Å². The Hall–Kier alpha value is -1.27. The monoisotopic (exact) mass is 327 g/mol. The summed E-state index contributed by atoms with van der Waals surface area (Å²) in [6.45, 7) is 4.35. The van der Waals surface area contributed by atoms with E-state index in [-0.39, 0.29) is 11.9 Å². The van der Waals surface area contributed by atoms with E-state index in [9.17, 15) is 4.39 Å². The quantitative estimate of drug-likeness (QED) is 0.916. The SMILES string of the molecule is Cc1noc(CCNC(C)c2ccc(Br)cc2F)n1. The normalized spacial score (nSPS) is 12.6. The minimum atomic E-state index is -0.219. The molecule has 0 aliphatic heterocycles. The van der Waals surface area contributed by atoms with Crippen LogP contribution in [0.2, 0.25) is 0 Å². The van der Waals surface area contributed by atoms with Crippen LogP contribution in [0.3, 0.4) is 0 Å². The summed E-state index contributed by atoms with van der Waals surface area (Å²) in [5, 5.41) is 6.95. The van der Waals surface area contributed by atoms with Crippen LogP contribution in [0.15, 0.2) is 27.2 Å². The Bertz CT molecular complexity index is 559. The van der Waals surface area contributed by atoms with Gasteiger partial charge in [-0.15, -0.1) is 0 Å². The van der Waals surface area contributed by atoms with Crippen LogP contribution in [0.1, 0.15) is 30.2 Å². The Labute approximate surface area is 119 Å². The largest absolute Gasteiger partial charge is 0.339 e. The molecule has 0 radical (unpaired) electrons. The smallest absolute Gasteiger partial charge is 0.227 e. The number of nitrogens with zero attached hydrogens (tertiary/aromatic N) is 2. The summed E-state index contributed by atoms with van der Waals surface area (Å²) in [4.78, 5) is 4.11. The molecule has 4 nitrogen and oxygen atoms in total. The van der Waals surface area contributed by atoms with Crippen molar-refractivity contribution >= 4 is 15.9 Å². The molecule has 6 heteroatoms. The zero-order chi connectivity index (χ0) is 13.8. The highest BCUT2D eigenvalue weighted by Gasteiger charge is 2.11. The average molecular weight is 328 g/mol. The van der Waals surface area contributed by atoms with Crippen LogP contribution in [0.25, 0.3) is 0 Å². The lowest BCUT2D eigenvalue weighted by molar-refractivity contribution is 0.369. The van der Waals surface area contributed by atoms with Gasteiger partial charge in [-0.25, -0.2) is 4.39 Å². The second-order valence-electron chi connectivity index (χ2n) is 4.33. The number of benzene rings is 1. The fraction of sp³-hybridized carbons (Fsp3) is 0.385. The molecule has 1 atom stereocenters. The molecule has 0 saturated heterocycles. The molecule has 1 unspecified atom stereocenters. The van der Waals surface area contributed by atoms with E-state index in [1.807, 2.05) is 13.0 Å². The molecule has 1 heterocycles. The van der Waals surface area contributed by atoms with Gasteiger partial charge in [-0.05, 0) is 26.0 Å². The Morgan fingerprint density at radius 1 is 1.47 bits per heavy atom. The molecule has 0 spiro atoms. The number of hydrogen-bond acceptors (Lipinski definition) is 4. The van der Waals surface area contributed by atoms with Crippen LogP contribution in [0, 0.1) is 12.7 Å². The highest BCUT2D eigenvalue weighted by atomic mass is 79.9. The number of aryl methyl sites for hydroxylation is 1. The van der Waals surface area contributed by atoms with E-state index in [0.717, 1.165) is 4.47 Å². The van der Waals surface area contributed by atoms with Gasteiger partial charge in [0.1, 0.15) is 5.82 Å². The van der Waals surface area contributed by atoms with Crippen molar-refractivity contribution in [2.24, 2.45) is 0 Å². The molecule has 19 heavy (non-hydrogen) atoms. The predicted octanol–water partition coefficient (Wildman–Crippen LogP) is 3.17. The Morgan fingerprint density at radius 2 is 2.26 bits per heavy atom. The topological polar surface area (TPSA) is 51.0 Å². The maximum Gasteiger partial charge on any atom is 0.227 e. The van der Waals surface area contributed by atoms with Crippen LogP contribution >= 0.6 is 15.9 Å². The minimum absolute atomic E-state index is 0.0721. The zero-order valence-electron chi connectivity index (χ0n) is 10.8. The molecule has 2 rings (SSSR count). The molecular weight excluding hydrogens is 313 g/mol. The van der Waals surface area contributed by atoms with Crippen molar-refractivity contribution in [3.05, 3.63) is 45.8 Å². The van der Waals surface area contributed by atoms with Gasteiger partial charge in [0.05, 0.1) is 0 Å². The van der Waals surface area contributed by atoms with E-state index in [1.165, 1.54) is 6.07 Å². The highest BCUT2D eigenvalue weighted by Crippen LogP contribution is 2.20. The van der Waals surface area contributed by atoms with Gasteiger partial charge >= 0.3 is 0 Å². The third-order valence-corrected chi connectivity index (χ3v) is 3.28. The Kier molecular flexibility index (Phi) is 4.66. The first kappa shape index (κ1) is 14.1. The van der Waals surface area contributed by atoms with Crippen molar-refractivity contribution in [1.29, 1.82) is 0 Å². The first-order chi connectivity index (χ1) is 9.06. The van der Waals surface area contributed by atoms with E-state index in [1.54, 1.807) is 13.0 Å². The van der Waals surface area contributed by atoms with Gasteiger partial charge in [0.25, 0.3) is 0 Å². The van der Waals surface area contributed by atoms with Crippen molar-refractivity contribution in [2.75, 3.05) is 6.54 Å². The molecule has 1 aromatic heterocycles. The molecule has 0 fully saturated rings. The molecule has 0 aliphatic rings. The lowest BCUT2D eigenvalue weighted by Gasteiger charge is -2.14. The number of hydrogen-bond donors (Lipinski definition) is 1. The van der Waals surface area contributed by atoms with E-state index < -0.39 is 0 Å². The fourth-order valence-corrected chi connectivity index (χ4v) is 2.13. The first-order valence-electron chi connectivity index (χ1n) is 6.04. The van der Waals surface area contributed by atoms with Gasteiger partial charge in [-0.1, -0.05) is 27.2 Å². The standard InChI is InChI=1S/C13H15BrFN3O/c1-8(11-4-3-10(14)7-12(11)15)16-6-5-13-17-9(2)18-19-13/h3-4,7-8,16H,5-6H2,1-2H3. The van der Waals surface area contributed by atoms with E-state index in [0.29, 0.717) is 30.2 Å². The van der Waals surface area contributed by atoms with Gasteiger partial charge in [-0.3, -0.25) is 0 Å². The zero-order valence-corrected chi connectivity index (χ0v) is 12.4. The van der Waals surface area contributed by atoms with Crippen molar-refractivity contribution < 1.29 is 8.91 Å². The van der Waals surface area contributed by atoms with Crippen molar-refractivity contribution in [1.82, 2.24) is 15.5 Å². The Balaban J connectivity index is 1.88. The molecule has 0 aliphatic carbocycles. The third kappa shape index (κ3) is 3.84. The van der Waals surface area contributed by atoms with Gasteiger partial charge in [0.15, 0.2) is 5.82 Å². The number of halogens is 2. The first-order valence-corrected chi connectivity index (χ1v) is 6.83. The highest BCUT2D eigenvalue weighted by molar-refractivity contribution is 9.10. The maximum atomic E-state index is 13.7. The summed E-state index contributed by atoms with van der Waals surface area (Å²) in [6.07, 6.45) is 0.628. The van der Waals surface area contributed by atoms with E-state index in [4.69, 9.17) is 4.52 Å². The van der Waals surface area contributed by atoms with Gasteiger partial charge < -0.3 is 9.84 Å². The lowest BCUT2D eigenvalue weighted by atomic mass is 10.1. The minimum Gasteiger partial charge on any atom is -0.339 e.